The first kappa shape index (κ1) is 21.1. The number of piperazine rings is 1. The second kappa shape index (κ2) is 10.3. The third-order valence-corrected chi connectivity index (χ3v) is 5.93. The van der Waals surface area contributed by atoms with Gasteiger partial charge in [-0.05, 0) is 77.7 Å². The Labute approximate surface area is 170 Å². The second-order valence-corrected chi connectivity index (χ2v) is 8.70. The molecule has 0 N–H and O–H groups in total. The van der Waals surface area contributed by atoms with Crippen molar-refractivity contribution in [3.05, 3.63) is 24.3 Å². The minimum Gasteiger partial charge on any atom is -0.491 e. The number of likely N-dealkylation sites (tertiary alicyclic amines) is 1. The highest BCUT2D eigenvalue weighted by molar-refractivity contribution is 5.77. The molecule has 0 amide bonds. The Hall–Kier alpha value is -1.59. The van der Waals surface area contributed by atoms with Crippen LogP contribution in [0.3, 0.4) is 0 Å². The average Bonchev–Trinajstić information content (AvgIpc) is 2.67. The molecule has 2 aliphatic rings. The van der Waals surface area contributed by atoms with E-state index < -0.39 is 0 Å². The molecular weight excluding hydrogens is 350 g/mol. The van der Waals surface area contributed by atoms with Crippen LogP contribution in [0, 0.1) is 5.92 Å². The molecule has 1 aromatic rings. The van der Waals surface area contributed by atoms with Gasteiger partial charge in [-0.15, -0.1) is 0 Å². The normalized spacial score (nSPS) is 19.9. The molecule has 3 rings (SSSR count). The van der Waals surface area contributed by atoms with Gasteiger partial charge >= 0.3 is 0 Å². The van der Waals surface area contributed by atoms with E-state index in [0.29, 0.717) is 6.54 Å². The van der Waals surface area contributed by atoms with Crippen LogP contribution >= 0.6 is 0 Å². The Balaban J connectivity index is 1.37. The number of nitrogens with zero attached hydrogens (tertiary/aromatic N) is 3. The van der Waals surface area contributed by atoms with Crippen LogP contribution in [0.5, 0.6) is 5.75 Å². The van der Waals surface area contributed by atoms with Gasteiger partial charge in [-0.25, -0.2) is 0 Å². The first-order chi connectivity index (χ1) is 13.5. The topological polar surface area (TPSA) is 36.0 Å². The van der Waals surface area contributed by atoms with Crippen molar-refractivity contribution in [2.24, 2.45) is 5.92 Å². The summed E-state index contributed by atoms with van der Waals surface area (Å²) in [5.41, 5.74) is 1.27. The molecule has 0 bridgehead atoms. The zero-order chi connectivity index (χ0) is 19.9. The highest BCUT2D eigenvalue weighted by Gasteiger charge is 2.22. The molecule has 0 saturated carbocycles. The zero-order valence-electron chi connectivity index (χ0n) is 17.9. The van der Waals surface area contributed by atoms with E-state index in [2.05, 4.69) is 46.7 Å². The van der Waals surface area contributed by atoms with Gasteiger partial charge < -0.3 is 9.64 Å². The maximum Gasteiger partial charge on any atom is 0.143 e. The van der Waals surface area contributed by atoms with E-state index in [1.165, 1.54) is 31.5 Å². The van der Waals surface area contributed by atoms with E-state index in [0.717, 1.165) is 50.9 Å². The fourth-order valence-corrected chi connectivity index (χ4v) is 4.37. The lowest BCUT2D eigenvalue weighted by atomic mass is 9.93. The molecule has 5 heteroatoms. The van der Waals surface area contributed by atoms with Gasteiger partial charge in [-0.2, -0.15) is 0 Å². The van der Waals surface area contributed by atoms with Crippen molar-refractivity contribution in [2.75, 3.05) is 57.3 Å². The van der Waals surface area contributed by atoms with Crippen LogP contribution < -0.4 is 9.64 Å². The summed E-state index contributed by atoms with van der Waals surface area (Å²) in [6.07, 6.45) is 4.00. The lowest BCUT2D eigenvalue weighted by molar-refractivity contribution is -0.118. The van der Waals surface area contributed by atoms with Crippen molar-refractivity contribution in [2.45, 2.75) is 46.1 Å². The molecule has 2 heterocycles. The summed E-state index contributed by atoms with van der Waals surface area (Å²) >= 11 is 0. The molecule has 5 nitrogen and oxygen atoms in total. The van der Waals surface area contributed by atoms with Gasteiger partial charge in [-0.1, -0.05) is 6.07 Å². The van der Waals surface area contributed by atoms with Crippen LogP contribution in [-0.4, -0.2) is 74.0 Å². The molecule has 2 fully saturated rings. The lowest BCUT2D eigenvalue weighted by Crippen LogP contribution is -2.47. The summed E-state index contributed by atoms with van der Waals surface area (Å²) in [5.74, 6) is 2.08. The number of hydrogen-bond donors (Lipinski definition) is 0. The smallest absolute Gasteiger partial charge is 0.143 e. The quantitative estimate of drug-likeness (QED) is 0.684. The highest BCUT2D eigenvalue weighted by atomic mass is 16.5. The number of ketones is 1. The number of anilines is 1. The molecular formula is C23H37N3O2. The average molecular weight is 388 g/mol. The van der Waals surface area contributed by atoms with Gasteiger partial charge in [0, 0.05) is 37.9 Å². The number of ether oxygens (including phenoxy) is 1. The van der Waals surface area contributed by atoms with Gasteiger partial charge in [-0.3, -0.25) is 14.6 Å². The summed E-state index contributed by atoms with van der Waals surface area (Å²) in [7, 11) is 0. The van der Waals surface area contributed by atoms with Crippen LogP contribution in [0.2, 0.25) is 0 Å². The molecule has 2 saturated heterocycles. The molecule has 28 heavy (non-hydrogen) atoms. The molecule has 0 aliphatic carbocycles. The number of rotatable bonds is 8. The van der Waals surface area contributed by atoms with Crippen molar-refractivity contribution in [3.63, 3.8) is 0 Å². The number of hydrogen-bond acceptors (Lipinski definition) is 5. The largest absolute Gasteiger partial charge is 0.491 e. The van der Waals surface area contributed by atoms with Crippen molar-refractivity contribution in [1.82, 2.24) is 9.80 Å². The Morgan fingerprint density at radius 2 is 1.79 bits per heavy atom. The fourth-order valence-electron chi connectivity index (χ4n) is 4.37. The van der Waals surface area contributed by atoms with E-state index in [-0.39, 0.29) is 11.9 Å². The maximum atomic E-state index is 11.3. The zero-order valence-corrected chi connectivity index (χ0v) is 17.9. The molecule has 0 unspecified atom stereocenters. The van der Waals surface area contributed by atoms with Crippen LogP contribution in [0.25, 0.3) is 0 Å². The second-order valence-electron chi connectivity index (χ2n) is 8.70. The van der Waals surface area contributed by atoms with E-state index in [1.54, 1.807) is 6.92 Å². The molecule has 1 aromatic carbocycles. The Bertz CT molecular complexity index is 618. The Morgan fingerprint density at radius 1 is 1.07 bits per heavy atom. The Kier molecular flexibility index (Phi) is 7.74. The van der Waals surface area contributed by atoms with Crippen LogP contribution in [0.4, 0.5) is 5.69 Å². The summed E-state index contributed by atoms with van der Waals surface area (Å²) in [6, 6.07) is 8.50. The minimum absolute atomic E-state index is 0.210. The molecule has 0 atom stereocenters. The molecule has 0 spiro atoms. The van der Waals surface area contributed by atoms with Crippen LogP contribution in [0.15, 0.2) is 24.3 Å². The molecule has 156 valence electrons. The van der Waals surface area contributed by atoms with Gasteiger partial charge in [0.1, 0.15) is 11.5 Å². The molecule has 2 aliphatic heterocycles. The number of carbonyl (C=O) groups is 1. The van der Waals surface area contributed by atoms with Crippen molar-refractivity contribution in [3.8, 4) is 5.75 Å². The van der Waals surface area contributed by atoms with Gasteiger partial charge in [0.25, 0.3) is 0 Å². The highest BCUT2D eigenvalue weighted by Crippen LogP contribution is 2.24. The van der Waals surface area contributed by atoms with E-state index in [1.807, 2.05) is 6.07 Å². The SMILES string of the molecule is CC(=O)CN1CCC(CCN2CCN(c3cccc(OC(C)C)c3)CC2)CC1. The predicted molar refractivity (Wildman–Crippen MR) is 115 cm³/mol. The van der Waals surface area contributed by atoms with Gasteiger partial charge in [0.15, 0.2) is 0 Å². The standard InChI is InChI=1S/C23H37N3O2/c1-19(2)28-23-6-4-5-22(17-23)26-15-13-24(14-16-26)10-7-21-8-11-25(12-9-21)18-20(3)27/h4-6,17,19,21H,7-16,18H2,1-3H3. The van der Waals surface area contributed by atoms with Crippen molar-refractivity contribution in [1.29, 1.82) is 0 Å². The molecule has 0 radical (unpaired) electrons. The lowest BCUT2D eigenvalue weighted by Gasteiger charge is -2.37. The summed E-state index contributed by atoms with van der Waals surface area (Å²) in [6.45, 7) is 14.3. The van der Waals surface area contributed by atoms with Gasteiger partial charge in [0.05, 0.1) is 12.6 Å². The van der Waals surface area contributed by atoms with E-state index >= 15 is 0 Å². The maximum absolute atomic E-state index is 11.3. The fraction of sp³-hybridized carbons (Fsp3) is 0.696. The minimum atomic E-state index is 0.210. The summed E-state index contributed by atoms with van der Waals surface area (Å²) in [5, 5.41) is 0. The predicted octanol–water partition coefficient (Wildman–Crippen LogP) is 3.29. The third kappa shape index (κ3) is 6.49. The molecule has 0 aromatic heterocycles. The summed E-state index contributed by atoms with van der Waals surface area (Å²) in [4.78, 5) is 18.7. The van der Waals surface area contributed by atoms with Crippen LogP contribution in [0.1, 0.15) is 40.0 Å². The van der Waals surface area contributed by atoms with Crippen molar-refractivity contribution >= 4 is 11.5 Å². The summed E-state index contributed by atoms with van der Waals surface area (Å²) < 4.78 is 5.84. The Morgan fingerprint density at radius 3 is 2.43 bits per heavy atom. The monoisotopic (exact) mass is 387 g/mol. The van der Waals surface area contributed by atoms with Crippen molar-refractivity contribution < 1.29 is 9.53 Å². The first-order valence-corrected chi connectivity index (χ1v) is 11.0. The van der Waals surface area contributed by atoms with Crippen LogP contribution in [-0.2, 0) is 4.79 Å². The van der Waals surface area contributed by atoms with E-state index in [9.17, 15) is 4.79 Å². The number of piperidine rings is 1. The third-order valence-electron chi connectivity index (χ3n) is 5.93. The number of benzene rings is 1. The van der Waals surface area contributed by atoms with E-state index in [4.69, 9.17) is 4.74 Å². The number of Topliss-reactive ketones (excluding diaryl/α,β-unsaturated/α-hetero) is 1. The first-order valence-electron chi connectivity index (χ1n) is 11.0. The number of carbonyl (C=O) groups excluding carboxylic acids is 1. The van der Waals surface area contributed by atoms with Gasteiger partial charge in [0.2, 0.25) is 0 Å².